The standard InChI is InChI=1S/C23H30N4O5S/c1-16(27-21(29)23(24-22(27)30)10-3-4-11-23)20(28)26-14-9-17-15-18(7-8-19(17)26)33(31,32)25-12-5-2-6-13-25/h7-8,15-16H,2-6,9-14H2,1H3,(H,24,30). The largest absolute Gasteiger partial charge is 0.325 e. The van der Waals surface area contributed by atoms with Gasteiger partial charge in [-0.15, -0.1) is 0 Å². The quantitative estimate of drug-likeness (QED) is 0.672. The molecular weight excluding hydrogens is 444 g/mol. The molecule has 4 amide bonds. The van der Waals surface area contributed by atoms with Gasteiger partial charge in [0.15, 0.2) is 0 Å². The lowest BCUT2D eigenvalue weighted by Crippen LogP contribution is -2.51. The van der Waals surface area contributed by atoms with Crippen LogP contribution in [0.15, 0.2) is 23.1 Å². The highest BCUT2D eigenvalue weighted by Crippen LogP contribution is 2.37. The minimum atomic E-state index is -3.55. The van der Waals surface area contributed by atoms with Gasteiger partial charge >= 0.3 is 6.03 Å². The number of sulfonamides is 1. The SMILES string of the molecule is CC(C(=O)N1CCc2cc(S(=O)(=O)N3CCCCC3)ccc21)N1C(=O)NC2(CCCC2)C1=O. The molecule has 3 aliphatic heterocycles. The molecule has 1 aliphatic carbocycles. The number of carbonyl (C=O) groups excluding carboxylic acids is 3. The molecule has 33 heavy (non-hydrogen) atoms. The van der Waals surface area contributed by atoms with Gasteiger partial charge in [0.25, 0.3) is 5.91 Å². The maximum absolute atomic E-state index is 13.3. The van der Waals surface area contributed by atoms with Crippen molar-refractivity contribution in [2.24, 2.45) is 0 Å². The number of rotatable bonds is 4. The van der Waals surface area contributed by atoms with Crippen molar-refractivity contribution < 1.29 is 22.8 Å². The highest BCUT2D eigenvalue weighted by Gasteiger charge is 2.55. The third-order valence-electron chi connectivity index (χ3n) is 7.56. The predicted octanol–water partition coefficient (Wildman–Crippen LogP) is 2.00. The number of piperidine rings is 1. The van der Waals surface area contributed by atoms with Crippen LogP contribution >= 0.6 is 0 Å². The Hall–Kier alpha value is -2.46. The summed E-state index contributed by atoms with van der Waals surface area (Å²) in [4.78, 5) is 41.9. The molecule has 1 spiro atoms. The fraction of sp³-hybridized carbons (Fsp3) is 0.609. The lowest BCUT2D eigenvalue weighted by atomic mass is 9.97. The van der Waals surface area contributed by atoms with E-state index in [1.54, 1.807) is 30.0 Å². The first-order valence-corrected chi connectivity index (χ1v) is 13.3. The van der Waals surface area contributed by atoms with Crippen molar-refractivity contribution in [2.45, 2.75) is 74.8 Å². The summed E-state index contributed by atoms with van der Waals surface area (Å²) in [6.45, 7) is 3.05. The average Bonchev–Trinajstić information content (AvgIpc) is 3.51. The Bertz CT molecular complexity index is 1110. The van der Waals surface area contributed by atoms with Crippen LogP contribution in [0.3, 0.4) is 0 Å². The van der Waals surface area contributed by atoms with E-state index in [1.165, 1.54) is 4.31 Å². The molecular formula is C23H30N4O5S. The summed E-state index contributed by atoms with van der Waals surface area (Å²) in [6.07, 6.45) is 6.29. The molecule has 3 heterocycles. The molecule has 0 aromatic heterocycles. The van der Waals surface area contributed by atoms with Gasteiger partial charge in [0.1, 0.15) is 11.6 Å². The zero-order valence-electron chi connectivity index (χ0n) is 18.9. The van der Waals surface area contributed by atoms with Gasteiger partial charge in [-0.2, -0.15) is 4.31 Å². The number of urea groups is 1. The Balaban J connectivity index is 1.36. The Morgan fingerprint density at radius 2 is 1.73 bits per heavy atom. The smallest absolute Gasteiger partial charge is 0.323 e. The zero-order valence-corrected chi connectivity index (χ0v) is 19.7. The number of carbonyl (C=O) groups is 3. The summed E-state index contributed by atoms with van der Waals surface area (Å²) in [5.74, 6) is -0.646. The second-order valence-corrected chi connectivity index (χ2v) is 11.5. The summed E-state index contributed by atoms with van der Waals surface area (Å²) >= 11 is 0. The highest BCUT2D eigenvalue weighted by atomic mass is 32.2. The monoisotopic (exact) mass is 474 g/mol. The predicted molar refractivity (Wildman–Crippen MR) is 121 cm³/mol. The van der Waals surface area contributed by atoms with Crippen LogP contribution in [-0.4, -0.2) is 66.7 Å². The van der Waals surface area contributed by atoms with Gasteiger partial charge < -0.3 is 10.2 Å². The van der Waals surface area contributed by atoms with Crippen molar-refractivity contribution in [1.29, 1.82) is 0 Å². The average molecular weight is 475 g/mol. The van der Waals surface area contributed by atoms with Crippen LogP contribution in [0.1, 0.15) is 57.4 Å². The molecule has 10 heteroatoms. The van der Waals surface area contributed by atoms with Crippen molar-refractivity contribution in [3.8, 4) is 0 Å². The molecule has 0 radical (unpaired) electrons. The molecule has 3 fully saturated rings. The highest BCUT2D eigenvalue weighted by molar-refractivity contribution is 7.89. The fourth-order valence-corrected chi connectivity index (χ4v) is 7.24. The van der Waals surface area contributed by atoms with Gasteiger partial charge in [-0.25, -0.2) is 18.1 Å². The molecule has 1 atom stereocenters. The molecule has 1 N–H and O–H groups in total. The lowest BCUT2D eigenvalue weighted by molar-refractivity contribution is -0.136. The molecule has 2 saturated heterocycles. The topological polar surface area (TPSA) is 107 Å². The Labute approximate surface area is 194 Å². The minimum absolute atomic E-state index is 0.253. The number of nitrogens with zero attached hydrogens (tertiary/aromatic N) is 3. The van der Waals surface area contributed by atoms with Gasteiger partial charge in [0.2, 0.25) is 15.9 Å². The van der Waals surface area contributed by atoms with Gasteiger partial charge in [0.05, 0.1) is 4.90 Å². The van der Waals surface area contributed by atoms with E-state index in [-0.39, 0.29) is 16.7 Å². The molecule has 1 unspecified atom stereocenters. The van der Waals surface area contributed by atoms with E-state index in [1.807, 2.05) is 0 Å². The second kappa shape index (κ2) is 8.09. The molecule has 5 rings (SSSR count). The van der Waals surface area contributed by atoms with Gasteiger partial charge in [-0.3, -0.25) is 9.59 Å². The molecule has 1 saturated carbocycles. The van der Waals surface area contributed by atoms with Gasteiger partial charge in [-0.05, 0) is 62.8 Å². The van der Waals surface area contributed by atoms with Crippen molar-refractivity contribution in [2.75, 3.05) is 24.5 Å². The molecule has 1 aromatic rings. The number of fused-ring (bicyclic) bond motifs is 1. The Morgan fingerprint density at radius 1 is 1.03 bits per heavy atom. The number of imide groups is 1. The maximum atomic E-state index is 13.3. The molecule has 9 nitrogen and oxygen atoms in total. The van der Waals surface area contributed by atoms with Crippen LogP contribution in [0.4, 0.5) is 10.5 Å². The zero-order chi connectivity index (χ0) is 23.4. The first kappa shape index (κ1) is 22.3. The van der Waals surface area contributed by atoms with E-state index >= 15 is 0 Å². The number of anilines is 1. The van der Waals surface area contributed by atoms with Crippen LogP contribution in [-0.2, 0) is 26.0 Å². The van der Waals surface area contributed by atoms with E-state index in [0.29, 0.717) is 44.6 Å². The van der Waals surface area contributed by atoms with E-state index in [9.17, 15) is 22.8 Å². The number of nitrogens with one attached hydrogen (secondary N) is 1. The van der Waals surface area contributed by atoms with E-state index in [0.717, 1.165) is 42.6 Å². The van der Waals surface area contributed by atoms with Crippen LogP contribution in [0.25, 0.3) is 0 Å². The lowest BCUT2D eigenvalue weighted by Gasteiger charge is -2.28. The summed E-state index contributed by atoms with van der Waals surface area (Å²) < 4.78 is 27.6. The fourth-order valence-electron chi connectivity index (χ4n) is 5.67. The first-order valence-electron chi connectivity index (χ1n) is 11.8. The third-order valence-corrected chi connectivity index (χ3v) is 9.45. The summed E-state index contributed by atoms with van der Waals surface area (Å²) in [6, 6.07) is 3.46. The van der Waals surface area contributed by atoms with Gasteiger partial charge in [0, 0.05) is 25.3 Å². The summed E-state index contributed by atoms with van der Waals surface area (Å²) in [5.41, 5.74) is 0.580. The molecule has 178 valence electrons. The summed E-state index contributed by atoms with van der Waals surface area (Å²) in [7, 11) is -3.55. The van der Waals surface area contributed by atoms with Crippen LogP contribution < -0.4 is 10.2 Å². The van der Waals surface area contributed by atoms with Crippen molar-refractivity contribution in [1.82, 2.24) is 14.5 Å². The van der Waals surface area contributed by atoms with Crippen LogP contribution in [0, 0.1) is 0 Å². The van der Waals surface area contributed by atoms with Crippen molar-refractivity contribution in [3.63, 3.8) is 0 Å². The first-order chi connectivity index (χ1) is 15.7. The number of benzene rings is 1. The van der Waals surface area contributed by atoms with E-state index < -0.39 is 27.6 Å². The van der Waals surface area contributed by atoms with Gasteiger partial charge in [-0.1, -0.05) is 19.3 Å². The molecule has 0 bridgehead atoms. The number of hydrogen-bond acceptors (Lipinski definition) is 5. The number of hydrogen-bond donors (Lipinski definition) is 1. The van der Waals surface area contributed by atoms with Crippen LogP contribution in [0.5, 0.6) is 0 Å². The van der Waals surface area contributed by atoms with E-state index in [2.05, 4.69) is 5.32 Å². The molecule has 4 aliphatic rings. The summed E-state index contributed by atoms with van der Waals surface area (Å²) in [5, 5.41) is 2.83. The minimum Gasteiger partial charge on any atom is -0.323 e. The Kier molecular flexibility index (Phi) is 5.48. The number of amides is 4. The van der Waals surface area contributed by atoms with Crippen LogP contribution in [0.2, 0.25) is 0 Å². The van der Waals surface area contributed by atoms with Crippen molar-refractivity contribution >= 4 is 33.6 Å². The normalized spacial score (nSPS) is 23.8. The second-order valence-electron chi connectivity index (χ2n) is 9.57. The molecule has 1 aromatic carbocycles. The maximum Gasteiger partial charge on any atom is 0.325 e. The van der Waals surface area contributed by atoms with E-state index in [4.69, 9.17) is 0 Å². The third kappa shape index (κ3) is 3.54. The van der Waals surface area contributed by atoms with Crippen molar-refractivity contribution in [3.05, 3.63) is 23.8 Å². The Morgan fingerprint density at radius 3 is 2.42 bits per heavy atom.